The lowest BCUT2D eigenvalue weighted by molar-refractivity contribution is 0.112. The minimum absolute atomic E-state index is 0.765. The number of aldehydes is 1. The highest BCUT2D eigenvalue weighted by atomic mass is 32.1. The Hall–Kier alpha value is -1.79. The number of carbonyl (C=O) groups is 1. The van der Waals surface area contributed by atoms with Crippen molar-refractivity contribution in [1.29, 1.82) is 0 Å². The lowest BCUT2D eigenvalue weighted by atomic mass is 9.95. The largest absolute Gasteiger partial charge is 0.297 e. The van der Waals surface area contributed by atoms with E-state index in [1.165, 1.54) is 115 Å². The van der Waals surface area contributed by atoms with Crippen LogP contribution in [-0.2, 0) is 12.8 Å². The molecule has 212 valence electrons. The summed E-state index contributed by atoms with van der Waals surface area (Å²) in [6, 6.07) is 13.8. The van der Waals surface area contributed by atoms with Crippen LogP contribution in [-0.4, -0.2) is 6.29 Å². The third kappa shape index (κ3) is 6.33. The molecule has 0 saturated carbocycles. The number of fused-ring (bicyclic) bond motifs is 2. The topological polar surface area (TPSA) is 17.1 Å². The molecule has 1 aromatic carbocycles. The zero-order valence-corrected chi connectivity index (χ0v) is 27.7. The van der Waals surface area contributed by atoms with Crippen LogP contribution in [0.25, 0.3) is 41.1 Å². The minimum Gasteiger partial charge on any atom is -0.297 e. The van der Waals surface area contributed by atoms with Gasteiger partial charge < -0.3 is 0 Å². The smallest absolute Gasteiger partial charge is 0.160 e. The van der Waals surface area contributed by atoms with E-state index in [1.54, 1.807) is 11.3 Å². The third-order valence-corrected chi connectivity index (χ3v) is 12.7. The van der Waals surface area contributed by atoms with Crippen LogP contribution in [0.2, 0.25) is 0 Å². The first-order valence-corrected chi connectivity index (χ1v) is 18.5. The standard InChI is InChI=1S/C35H42OS4/c1-5-9-11-23(7-3)19-25-13-15-30(38-25)32-28-17-18-37-34(28)33(29-21-27(22-36)40-35(29)32)31-16-14-26(39-31)20-24(8-4)12-10-6-2/h13-18,21-24H,5-12,19-20H2,1-4H3. The molecule has 0 spiro atoms. The van der Waals surface area contributed by atoms with Gasteiger partial charge in [0.2, 0.25) is 0 Å². The summed E-state index contributed by atoms with van der Waals surface area (Å²) in [6.07, 6.45) is 13.7. The molecular weight excluding hydrogens is 565 g/mol. The van der Waals surface area contributed by atoms with Crippen LogP contribution >= 0.6 is 45.3 Å². The van der Waals surface area contributed by atoms with Gasteiger partial charge in [0, 0.05) is 50.8 Å². The lowest BCUT2D eigenvalue weighted by Gasteiger charge is -2.13. The zero-order valence-electron chi connectivity index (χ0n) is 24.4. The molecule has 2 unspecified atom stereocenters. The first-order chi connectivity index (χ1) is 19.6. The van der Waals surface area contributed by atoms with E-state index in [0.717, 1.165) is 23.0 Å². The molecule has 5 aromatic rings. The van der Waals surface area contributed by atoms with Crippen molar-refractivity contribution in [3.8, 4) is 20.9 Å². The van der Waals surface area contributed by atoms with Crippen LogP contribution in [0.1, 0.15) is 98.5 Å². The Balaban J connectivity index is 1.56. The molecule has 0 radical (unpaired) electrons. The summed E-state index contributed by atoms with van der Waals surface area (Å²) >= 11 is 7.43. The van der Waals surface area contributed by atoms with Crippen LogP contribution < -0.4 is 0 Å². The SMILES string of the molecule is CCCCC(CC)Cc1ccc(-c2c3cc(C=O)sc3c(-c3ccc(CC(CC)CCCC)s3)c3ccsc23)s1. The van der Waals surface area contributed by atoms with Crippen molar-refractivity contribution >= 4 is 71.8 Å². The first-order valence-electron chi connectivity index (χ1n) is 15.2. The number of benzene rings is 1. The first kappa shape index (κ1) is 29.7. The number of hydrogen-bond acceptors (Lipinski definition) is 5. The van der Waals surface area contributed by atoms with Gasteiger partial charge in [-0.25, -0.2) is 0 Å². The second kappa shape index (κ2) is 13.9. The number of rotatable bonds is 15. The van der Waals surface area contributed by atoms with Gasteiger partial charge in [-0.05, 0) is 66.5 Å². The third-order valence-electron chi connectivity index (χ3n) is 8.41. The summed E-state index contributed by atoms with van der Waals surface area (Å²) in [5.74, 6) is 1.53. The van der Waals surface area contributed by atoms with Gasteiger partial charge in [0.25, 0.3) is 0 Å². The van der Waals surface area contributed by atoms with Crippen LogP contribution in [0.15, 0.2) is 41.8 Å². The van der Waals surface area contributed by atoms with Crippen molar-refractivity contribution in [2.75, 3.05) is 0 Å². The predicted molar refractivity (Wildman–Crippen MR) is 183 cm³/mol. The van der Waals surface area contributed by atoms with Crippen LogP contribution in [0.3, 0.4) is 0 Å². The Kier molecular flexibility index (Phi) is 10.3. The highest BCUT2D eigenvalue weighted by molar-refractivity contribution is 7.24. The maximum Gasteiger partial charge on any atom is 0.160 e. The van der Waals surface area contributed by atoms with Gasteiger partial charge in [0.1, 0.15) is 0 Å². The van der Waals surface area contributed by atoms with Gasteiger partial charge in [-0.2, -0.15) is 0 Å². The lowest BCUT2D eigenvalue weighted by Crippen LogP contribution is -2.01. The molecular formula is C35H42OS4. The molecule has 5 heteroatoms. The normalized spacial score (nSPS) is 13.4. The van der Waals surface area contributed by atoms with Crippen LogP contribution in [0, 0.1) is 11.8 Å². The summed E-state index contributed by atoms with van der Waals surface area (Å²) in [4.78, 5) is 18.5. The van der Waals surface area contributed by atoms with Gasteiger partial charge in [-0.1, -0.05) is 79.1 Å². The van der Waals surface area contributed by atoms with Gasteiger partial charge in [-0.15, -0.1) is 45.3 Å². The van der Waals surface area contributed by atoms with E-state index in [2.05, 4.69) is 69.5 Å². The Labute approximate surface area is 256 Å². The average Bonchev–Trinajstić information content (AvgIpc) is 3.79. The fourth-order valence-corrected chi connectivity index (χ4v) is 10.5. The van der Waals surface area contributed by atoms with E-state index in [0.29, 0.717) is 0 Å². The van der Waals surface area contributed by atoms with Gasteiger partial charge in [0.15, 0.2) is 6.29 Å². The van der Waals surface area contributed by atoms with E-state index < -0.39 is 0 Å². The number of unbranched alkanes of at least 4 members (excludes halogenated alkanes) is 2. The molecule has 0 aliphatic heterocycles. The molecule has 0 bridgehead atoms. The molecule has 0 aliphatic carbocycles. The average molecular weight is 607 g/mol. The van der Waals surface area contributed by atoms with Crippen molar-refractivity contribution in [3.05, 3.63) is 56.4 Å². The summed E-state index contributed by atoms with van der Waals surface area (Å²) in [6.45, 7) is 9.25. The molecule has 1 nitrogen and oxygen atoms in total. The van der Waals surface area contributed by atoms with E-state index in [9.17, 15) is 4.79 Å². The molecule has 4 heterocycles. The molecule has 0 aliphatic rings. The summed E-state index contributed by atoms with van der Waals surface area (Å²) in [5, 5.41) is 4.83. The number of hydrogen-bond donors (Lipinski definition) is 0. The monoisotopic (exact) mass is 606 g/mol. The van der Waals surface area contributed by atoms with E-state index in [4.69, 9.17) is 0 Å². The fourth-order valence-electron chi connectivity index (χ4n) is 5.97. The fraction of sp³-hybridized carbons (Fsp3) is 0.457. The van der Waals surface area contributed by atoms with Gasteiger partial charge in [-0.3, -0.25) is 4.79 Å². The second-order valence-corrected chi connectivity index (χ2v) is 15.5. The Morgan fingerprint density at radius 1 is 0.700 bits per heavy atom. The number of carbonyl (C=O) groups excluding carboxylic acids is 1. The second-order valence-electron chi connectivity index (χ2n) is 11.2. The van der Waals surface area contributed by atoms with Gasteiger partial charge >= 0.3 is 0 Å². The van der Waals surface area contributed by atoms with E-state index >= 15 is 0 Å². The molecule has 40 heavy (non-hydrogen) atoms. The van der Waals surface area contributed by atoms with Crippen molar-refractivity contribution in [1.82, 2.24) is 0 Å². The van der Waals surface area contributed by atoms with Crippen molar-refractivity contribution in [2.24, 2.45) is 11.8 Å². The zero-order chi connectivity index (χ0) is 28.1. The summed E-state index contributed by atoms with van der Waals surface area (Å²) < 4.78 is 2.62. The highest BCUT2D eigenvalue weighted by Crippen LogP contribution is 2.51. The molecule has 0 saturated heterocycles. The van der Waals surface area contributed by atoms with Crippen molar-refractivity contribution < 1.29 is 4.79 Å². The molecule has 0 fully saturated rings. The molecule has 5 rings (SSSR count). The van der Waals surface area contributed by atoms with E-state index in [-0.39, 0.29) is 0 Å². The van der Waals surface area contributed by atoms with E-state index in [1.807, 2.05) is 34.0 Å². The molecule has 0 amide bonds. The van der Waals surface area contributed by atoms with Gasteiger partial charge in [0.05, 0.1) is 4.88 Å². The molecule has 2 atom stereocenters. The quantitative estimate of drug-likeness (QED) is 0.108. The van der Waals surface area contributed by atoms with Crippen molar-refractivity contribution in [2.45, 2.75) is 91.9 Å². The minimum atomic E-state index is 0.765. The number of thiophene rings is 4. The summed E-state index contributed by atoms with van der Waals surface area (Å²) in [5.41, 5.74) is 2.65. The highest BCUT2D eigenvalue weighted by Gasteiger charge is 2.22. The molecule has 0 N–H and O–H groups in total. The van der Waals surface area contributed by atoms with Crippen LogP contribution in [0.4, 0.5) is 0 Å². The summed E-state index contributed by atoms with van der Waals surface area (Å²) in [7, 11) is 0. The van der Waals surface area contributed by atoms with Crippen molar-refractivity contribution in [3.63, 3.8) is 0 Å². The van der Waals surface area contributed by atoms with Crippen LogP contribution in [0.5, 0.6) is 0 Å². The predicted octanol–water partition coefficient (Wildman–Crippen LogP) is 12.9. The maximum atomic E-state index is 12.0. The maximum absolute atomic E-state index is 12.0. The molecule has 4 aromatic heterocycles. The Bertz CT molecular complexity index is 1440. The Morgan fingerprint density at radius 2 is 1.27 bits per heavy atom. The Morgan fingerprint density at radius 3 is 1.80 bits per heavy atom.